The molecule has 6 heteroatoms. The number of fused-ring (bicyclic) bond motifs is 8. The van der Waals surface area contributed by atoms with Crippen molar-refractivity contribution in [3.63, 3.8) is 0 Å². The number of pyridine rings is 2. The molecule has 0 amide bonds. The molecule has 8 bridgehead atoms. The molecule has 0 unspecified atom stereocenters. The van der Waals surface area contributed by atoms with Crippen LogP contribution in [0.25, 0.3) is 90.9 Å². The number of H-pyrrole nitrogens is 2. The van der Waals surface area contributed by atoms with E-state index in [4.69, 9.17) is 22.8 Å². The Morgan fingerprint density at radius 3 is 1.10 bits per heavy atom. The van der Waals surface area contributed by atoms with E-state index in [1.165, 1.54) is 0 Å². The molecule has 242 valence electrons. The second-order valence-corrected chi connectivity index (χ2v) is 12.4. The minimum absolute atomic E-state index is 0.788. The first-order chi connectivity index (χ1) is 25.7. The van der Waals surface area contributed by atoms with Gasteiger partial charge in [0.25, 0.3) is 0 Å². The summed E-state index contributed by atoms with van der Waals surface area (Å²) in [5.41, 5.74) is 16.0. The lowest BCUT2D eigenvalue weighted by molar-refractivity contribution is 1.29. The highest BCUT2D eigenvalue weighted by atomic mass is 14.8. The zero-order chi connectivity index (χ0) is 35.0. The third kappa shape index (κ3) is 5.38. The first kappa shape index (κ1) is 30.5. The minimum atomic E-state index is 0.788. The monoisotopic (exact) mass is 664 g/mol. The lowest BCUT2D eigenvalue weighted by atomic mass is 10.0. The number of rotatable bonds is 4. The number of nitrogens with one attached hydrogen (secondary N) is 2. The molecule has 2 aliphatic heterocycles. The largest absolute Gasteiger partial charge is 0.354 e. The van der Waals surface area contributed by atoms with E-state index in [0.717, 1.165) is 100 Å². The van der Waals surface area contributed by atoms with Crippen LogP contribution in [0, 0.1) is 24.7 Å². The van der Waals surface area contributed by atoms with Crippen LogP contribution < -0.4 is 0 Å². The molecule has 0 spiro atoms. The number of aromatic amines is 2. The maximum Gasteiger partial charge on any atom is 0.0737 e. The summed E-state index contributed by atoms with van der Waals surface area (Å²) in [4.78, 5) is 26.8. The van der Waals surface area contributed by atoms with Crippen molar-refractivity contribution in [1.82, 2.24) is 29.9 Å². The molecular formula is C46H28N6. The van der Waals surface area contributed by atoms with Crippen molar-refractivity contribution in [2.45, 2.75) is 0 Å². The van der Waals surface area contributed by atoms with Gasteiger partial charge in [0.15, 0.2) is 0 Å². The number of hydrogen-bond donors (Lipinski definition) is 2. The Morgan fingerprint density at radius 1 is 0.404 bits per heavy atom. The predicted octanol–water partition coefficient (Wildman–Crippen LogP) is 10.1. The Balaban J connectivity index is 1.48. The Hall–Kier alpha value is -7.54. The summed E-state index contributed by atoms with van der Waals surface area (Å²) in [5, 5.41) is 0. The lowest BCUT2D eigenvalue weighted by Crippen LogP contribution is -1.90. The van der Waals surface area contributed by atoms with Gasteiger partial charge >= 0.3 is 0 Å². The number of terminal acetylenes is 2. The van der Waals surface area contributed by atoms with Crippen LogP contribution in [-0.2, 0) is 0 Å². The summed E-state index contributed by atoms with van der Waals surface area (Å²) in [6, 6.07) is 32.4. The maximum absolute atomic E-state index is 5.88. The van der Waals surface area contributed by atoms with E-state index in [9.17, 15) is 0 Å². The highest BCUT2D eigenvalue weighted by Crippen LogP contribution is 2.38. The Kier molecular flexibility index (Phi) is 7.47. The summed E-state index contributed by atoms with van der Waals surface area (Å²) in [5.74, 6) is 5.59. The molecule has 0 aliphatic carbocycles. The molecule has 7 heterocycles. The molecule has 2 aliphatic rings. The van der Waals surface area contributed by atoms with Crippen molar-refractivity contribution < 1.29 is 0 Å². The van der Waals surface area contributed by atoms with E-state index in [0.29, 0.717) is 0 Å². The summed E-state index contributed by atoms with van der Waals surface area (Å²) in [6.07, 6.45) is 27.2. The summed E-state index contributed by atoms with van der Waals surface area (Å²) in [6.45, 7) is 0. The van der Waals surface area contributed by atoms with E-state index >= 15 is 0 Å². The van der Waals surface area contributed by atoms with Crippen LogP contribution in [0.2, 0.25) is 0 Å². The van der Waals surface area contributed by atoms with E-state index < -0.39 is 0 Å². The van der Waals surface area contributed by atoms with Gasteiger partial charge in [-0.2, -0.15) is 0 Å². The second kappa shape index (κ2) is 12.7. The number of aromatic nitrogens is 6. The maximum atomic E-state index is 5.88. The molecule has 6 nitrogen and oxygen atoms in total. The molecular weight excluding hydrogens is 637 g/mol. The van der Waals surface area contributed by atoms with Gasteiger partial charge in [-0.1, -0.05) is 36.1 Å². The third-order valence-electron chi connectivity index (χ3n) is 9.33. The molecule has 2 N–H and O–H groups in total. The third-order valence-corrected chi connectivity index (χ3v) is 9.33. The topological polar surface area (TPSA) is 83.1 Å². The van der Waals surface area contributed by atoms with E-state index in [-0.39, 0.29) is 0 Å². The van der Waals surface area contributed by atoms with Gasteiger partial charge in [0.1, 0.15) is 0 Å². The first-order valence-electron chi connectivity index (χ1n) is 16.8. The molecule has 0 fully saturated rings. The van der Waals surface area contributed by atoms with Crippen LogP contribution in [0.5, 0.6) is 0 Å². The van der Waals surface area contributed by atoms with Crippen LogP contribution in [0.1, 0.15) is 33.9 Å². The number of hydrogen-bond acceptors (Lipinski definition) is 4. The van der Waals surface area contributed by atoms with Crippen molar-refractivity contribution >= 4 is 46.4 Å². The second-order valence-electron chi connectivity index (χ2n) is 12.4. The van der Waals surface area contributed by atoms with Gasteiger partial charge < -0.3 is 9.97 Å². The standard InChI is InChI=1S/C46H28N6/c1-3-29-7-5-9-33(27-29)45-39-15-11-35(49-39)43(31-19-23-47-24-20-31)37-13-17-41(51-37)46(34-10-6-8-30(4-2)28-34)42-18-14-38(52-42)44(32-21-25-48-26-22-32)36-12-16-40(45)50-36/h1-2,5-28,49,52H. The molecule has 52 heavy (non-hydrogen) atoms. The van der Waals surface area contributed by atoms with Crippen LogP contribution in [0.4, 0.5) is 0 Å². The van der Waals surface area contributed by atoms with Crippen molar-refractivity contribution in [2.75, 3.05) is 0 Å². The average molecular weight is 665 g/mol. The number of nitrogens with zero attached hydrogens (tertiary/aromatic N) is 4. The van der Waals surface area contributed by atoms with Crippen molar-refractivity contribution in [2.24, 2.45) is 0 Å². The van der Waals surface area contributed by atoms with Crippen LogP contribution in [-0.4, -0.2) is 29.9 Å². The zero-order valence-electron chi connectivity index (χ0n) is 27.8. The van der Waals surface area contributed by atoms with Crippen LogP contribution in [0.15, 0.2) is 122 Å². The van der Waals surface area contributed by atoms with Gasteiger partial charge in [-0.25, -0.2) is 9.97 Å². The molecule has 5 aromatic heterocycles. The van der Waals surface area contributed by atoms with Gasteiger partial charge in [-0.15, -0.1) is 12.8 Å². The fourth-order valence-electron chi connectivity index (χ4n) is 6.99. The SMILES string of the molecule is C#Cc1cccc(-c2c3nc(c(-c4ccncc4)c4ccc([nH]4)c(-c4cccc(C#C)c4)c4nc(c(-c5ccncc5)c5ccc2[nH]5)C=C4)C=C3)c1. The van der Waals surface area contributed by atoms with Gasteiger partial charge in [0, 0.05) is 80.2 Å². The zero-order valence-corrected chi connectivity index (χ0v) is 27.8. The predicted molar refractivity (Wildman–Crippen MR) is 212 cm³/mol. The van der Waals surface area contributed by atoms with Crippen LogP contribution >= 0.6 is 0 Å². The normalized spacial score (nSPS) is 11.7. The molecule has 0 saturated heterocycles. The molecule has 2 aromatic carbocycles. The first-order valence-corrected chi connectivity index (χ1v) is 16.8. The fraction of sp³-hybridized carbons (Fsp3) is 0. The van der Waals surface area contributed by atoms with Gasteiger partial charge in [-0.05, 0) is 119 Å². The number of benzene rings is 2. The fourth-order valence-corrected chi connectivity index (χ4v) is 6.99. The highest BCUT2D eigenvalue weighted by molar-refractivity contribution is 5.99. The van der Waals surface area contributed by atoms with Crippen molar-refractivity contribution in [3.8, 4) is 69.2 Å². The highest BCUT2D eigenvalue weighted by Gasteiger charge is 2.19. The van der Waals surface area contributed by atoms with Crippen molar-refractivity contribution in [1.29, 1.82) is 0 Å². The Morgan fingerprint density at radius 2 is 0.750 bits per heavy atom. The van der Waals surface area contributed by atoms with Crippen LogP contribution in [0.3, 0.4) is 0 Å². The quantitative estimate of drug-likeness (QED) is 0.184. The summed E-state index contributed by atoms with van der Waals surface area (Å²) >= 11 is 0. The molecule has 0 atom stereocenters. The average Bonchev–Trinajstić information content (AvgIpc) is 4.04. The van der Waals surface area contributed by atoms with E-state index in [1.807, 2.05) is 60.7 Å². The van der Waals surface area contributed by atoms with Gasteiger partial charge in [0.05, 0.1) is 22.8 Å². The summed E-state index contributed by atoms with van der Waals surface area (Å²) in [7, 11) is 0. The van der Waals surface area contributed by atoms with E-state index in [2.05, 4.69) is 92.5 Å². The molecule has 9 rings (SSSR count). The van der Waals surface area contributed by atoms with Crippen molar-refractivity contribution in [3.05, 3.63) is 156 Å². The summed E-state index contributed by atoms with van der Waals surface area (Å²) < 4.78 is 0. The van der Waals surface area contributed by atoms with Gasteiger partial charge in [0.2, 0.25) is 0 Å². The minimum Gasteiger partial charge on any atom is -0.354 e. The molecule has 7 aromatic rings. The van der Waals surface area contributed by atoms with E-state index in [1.54, 1.807) is 24.8 Å². The Labute approximate surface area is 300 Å². The molecule has 0 saturated carbocycles. The smallest absolute Gasteiger partial charge is 0.0737 e. The molecule has 0 radical (unpaired) electrons. The Bertz CT molecular complexity index is 2660. The lowest BCUT2D eigenvalue weighted by Gasteiger charge is -2.07. The van der Waals surface area contributed by atoms with Gasteiger partial charge in [-0.3, -0.25) is 9.97 Å².